The SMILES string of the molecule is Nc1cccc(-c2noc(-c3ccccc3)n2)c1. The largest absolute Gasteiger partial charge is 0.399 e. The minimum atomic E-state index is 0.507. The lowest BCUT2D eigenvalue weighted by molar-refractivity contribution is 0.432. The molecule has 0 spiro atoms. The van der Waals surface area contributed by atoms with Crippen molar-refractivity contribution in [1.29, 1.82) is 0 Å². The smallest absolute Gasteiger partial charge is 0.258 e. The predicted molar refractivity (Wildman–Crippen MR) is 69.6 cm³/mol. The summed E-state index contributed by atoms with van der Waals surface area (Å²) in [6.45, 7) is 0. The molecule has 0 bridgehead atoms. The van der Waals surface area contributed by atoms with E-state index in [2.05, 4.69) is 10.1 Å². The molecule has 0 radical (unpaired) electrons. The van der Waals surface area contributed by atoms with Gasteiger partial charge < -0.3 is 10.3 Å². The van der Waals surface area contributed by atoms with Crippen LogP contribution in [0, 0.1) is 0 Å². The third-order valence-corrected chi connectivity index (χ3v) is 2.59. The van der Waals surface area contributed by atoms with Gasteiger partial charge in [0.25, 0.3) is 5.89 Å². The molecule has 3 rings (SSSR count). The van der Waals surface area contributed by atoms with Crippen LogP contribution in [0.3, 0.4) is 0 Å². The molecule has 2 N–H and O–H groups in total. The molecule has 2 aromatic carbocycles. The average molecular weight is 237 g/mol. The molecule has 0 aliphatic heterocycles. The van der Waals surface area contributed by atoms with Crippen LogP contribution in [-0.4, -0.2) is 10.1 Å². The Morgan fingerprint density at radius 3 is 2.44 bits per heavy atom. The third-order valence-electron chi connectivity index (χ3n) is 2.59. The minimum Gasteiger partial charge on any atom is -0.399 e. The fourth-order valence-corrected chi connectivity index (χ4v) is 1.72. The van der Waals surface area contributed by atoms with Gasteiger partial charge in [-0.1, -0.05) is 35.5 Å². The standard InChI is InChI=1S/C14H11N3O/c15-12-8-4-7-11(9-12)13-16-14(18-17-13)10-5-2-1-3-6-10/h1-9H,15H2. The Labute approximate surface area is 104 Å². The Morgan fingerprint density at radius 1 is 0.889 bits per heavy atom. The normalized spacial score (nSPS) is 10.4. The van der Waals surface area contributed by atoms with Crippen molar-refractivity contribution in [2.24, 2.45) is 0 Å². The van der Waals surface area contributed by atoms with E-state index in [9.17, 15) is 0 Å². The van der Waals surface area contributed by atoms with E-state index < -0.39 is 0 Å². The molecule has 0 aliphatic rings. The first-order valence-corrected chi connectivity index (χ1v) is 5.58. The molecule has 0 unspecified atom stereocenters. The van der Waals surface area contributed by atoms with Gasteiger partial charge in [0.1, 0.15) is 0 Å². The molecule has 1 heterocycles. The fraction of sp³-hybridized carbons (Fsp3) is 0. The molecule has 0 saturated carbocycles. The molecule has 4 nitrogen and oxygen atoms in total. The highest BCUT2D eigenvalue weighted by molar-refractivity contribution is 5.63. The predicted octanol–water partition coefficient (Wildman–Crippen LogP) is 2.99. The number of nitrogen functional groups attached to an aromatic ring is 1. The van der Waals surface area contributed by atoms with Crippen LogP contribution >= 0.6 is 0 Å². The van der Waals surface area contributed by atoms with Gasteiger partial charge in [-0.2, -0.15) is 4.98 Å². The summed E-state index contributed by atoms with van der Waals surface area (Å²) in [5.41, 5.74) is 8.16. The summed E-state index contributed by atoms with van der Waals surface area (Å²) in [7, 11) is 0. The molecule has 0 fully saturated rings. The second-order valence-electron chi connectivity index (χ2n) is 3.91. The molecule has 3 aromatic rings. The maximum Gasteiger partial charge on any atom is 0.258 e. The van der Waals surface area contributed by atoms with Crippen molar-refractivity contribution in [3.63, 3.8) is 0 Å². The molecule has 0 aliphatic carbocycles. The van der Waals surface area contributed by atoms with Crippen LogP contribution in [0.15, 0.2) is 59.1 Å². The van der Waals surface area contributed by atoms with E-state index in [1.165, 1.54) is 0 Å². The van der Waals surface area contributed by atoms with Gasteiger partial charge in [-0.05, 0) is 24.3 Å². The van der Waals surface area contributed by atoms with Gasteiger partial charge in [0.05, 0.1) is 0 Å². The fourth-order valence-electron chi connectivity index (χ4n) is 1.72. The van der Waals surface area contributed by atoms with Crippen molar-refractivity contribution >= 4 is 5.69 Å². The molecule has 88 valence electrons. The van der Waals surface area contributed by atoms with Crippen LogP contribution in [0.25, 0.3) is 22.8 Å². The van der Waals surface area contributed by atoms with Crippen LogP contribution in [0.4, 0.5) is 5.69 Å². The van der Waals surface area contributed by atoms with E-state index in [1.54, 1.807) is 0 Å². The van der Waals surface area contributed by atoms with Crippen LogP contribution < -0.4 is 5.73 Å². The topological polar surface area (TPSA) is 64.9 Å². The zero-order chi connectivity index (χ0) is 12.4. The summed E-state index contributed by atoms with van der Waals surface area (Å²) in [4.78, 5) is 4.36. The molecular formula is C14H11N3O. The van der Waals surface area contributed by atoms with Gasteiger partial charge in [0, 0.05) is 16.8 Å². The second-order valence-corrected chi connectivity index (χ2v) is 3.91. The number of benzene rings is 2. The van der Waals surface area contributed by atoms with E-state index in [4.69, 9.17) is 10.3 Å². The highest BCUT2D eigenvalue weighted by Gasteiger charge is 2.09. The molecule has 18 heavy (non-hydrogen) atoms. The van der Waals surface area contributed by atoms with Crippen molar-refractivity contribution in [2.45, 2.75) is 0 Å². The van der Waals surface area contributed by atoms with Gasteiger partial charge in [0.15, 0.2) is 0 Å². The number of hydrogen-bond donors (Lipinski definition) is 1. The number of hydrogen-bond acceptors (Lipinski definition) is 4. The maximum absolute atomic E-state index is 5.73. The zero-order valence-corrected chi connectivity index (χ0v) is 9.58. The van der Waals surface area contributed by atoms with Crippen molar-refractivity contribution in [3.05, 3.63) is 54.6 Å². The number of anilines is 1. The summed E-state index contributed by atoms with van der Waals surface area (Å²) in [6.07, 6.45) is 0. The Morgan fingerprint density at radius 2 is 1.67 bits per heavy atom. The first-order chi connectivity index (χ1) is 8.83. The quantitative estimate of drug-likeness (QED) is 0.696. The number of nitrogens with two attached hydrogens (primary N) is 1. The molecule has 0 saturated heterocycles. The molecule has 1 aromatic heterocycles. The highest BCUT2D eigenvalue weighted by Crippen LogP contribution is 2.22. The summed E-state index contributed by atoms with van der Waals surface area (Å²) in [5, 5.41) is 3.96. The van der Waals surface area contributed by atoms with Crippen molar-refractivity contribution in [3.8, 4) is 22.8 Å². The lowest BCUT2D eigenvalue weighted by Gasteiger charge is -1.95. The van der Waals surface area contributed by atoms with E-state index in [1.807, 2.05) is 54.6 Å². The van der Waals surface area contributed by atoms with Crippen LogP contribution in [-0.2, 0) is 0 Å². The van der Waals surface area contributed by atoms with E-state index in [-0.39, 0.29) is 0 Å². The van der Waals surface area contributed by atoms with Gasteiger partial charge >= 0.3 is 0 Å². The minimum absolute atomic E-state index is 0.507. The Balaban J connectivity index is 2.00. The summed E-state index contributed by atoms with van der Waals surface area (Å²) >= 11 is 0. The summed E-state index contributed by atoms with van der Waals surface area (Å²) in [6, 6.07) is 17.1. The van der Waals surface area contributed by atoms with Crippen molar-refractivity contribution in [1.82, 2.24) is 10.1 Å². The van der Waals surface area contributed by atoms with Crippen molar-refractivity contribution < 1.29 is 4.52 Å². The lowest BCUT2D eigenvalue weighted by Crippen LogP contribution is -1.86. The van der Waals surface area contributed by atoms with Gasteiger partial charge in [-0.15, -0.1) is 0 Å². The second kappa shape index (κ2) is 4.33. The summed E-state index contributed by atoms with van der Waals surface area (Å²) in [5.74, 6) is 1.05. The average Bonchev–Trinajstić information content (AvgIpc) is 2.89. The Hall–Kier alpha value is -2.62. The molecule has 0 amide bonds. The summed E-state index contributed by atoms with van der Waals surface area (Å²) < 4.78 is 5.24. The molecular weight excluding hydrogens is 226 g/mol. The van der Waals surface area contributed by atoms with Crippen LogP contribution in [0.1, 0.15) is 0 Å². The van der Waals surface area contributed by atoms with Gasteiger partial charge in [-0.3, -0.25) is 0 Å². The van der Waals surface area contributed by atoms with Crippen LogP contribution in [0.2, 0.25) is 0 Å². The van der Waals surface area contributed by atoms with E-state index in [0.29, 0.717) is 17.4 Å². The lowest BCUT2D eigenvalue weighted by atomic mass is 10.2. The zero-order valence-electron chi connectivity index (χ0n) is 9.58. The highest BCUT2D eigenvalue weighted by atomic mass is 16.5. The first-order valence-electron chi connectivity index (χ1n) is 5.58. The van der Waals surface area contributed by atoms with Crippen molar-refractivity contribution in [2.75, 3.05) is 5.73 Å². The number of nitrogens with zero attached hydrogens (tertiary/aromatic N) is 2. The van der Waals surface area contributed by atoms with Gasteiger partial charge in [0.2, 0.25) is 5.82 Å². The van der Waals surface area contributed by atoms with E-state index in [0.717, 1.165) is 11.1 Å². The van der Waals surface area contributed by atoms with Crippen LogP contribution in [0.5, 0.6) is 0 Å². The number of rotatable bonds is 2. The maximum atomic E-state index is 5.73. The Bertz CT molecular complexity index is 662. The molecule has 0 atom stereocenters. The third kappa shape index (κ3) is 1.96. The Kier molecular flexibility index (Phi) is 2.53. The van der Waals surface area contributed by atoms with E-state index >= 15 is 0 Å². The number of aromatic nitrogens is 2. The monoisotopic (exact) mass is 237 g/mol. The first kappa shape index (κ1) is 10.5. The van der Waals surface area contributed by atoms with Gasteiger partial charge in [-0.25, -0.2) is 0 Å². The molecule has 4 heteroatoms.